The van der Waals surface area contributed by atoms with Crippen LogP contribution in [0.25, 0.3) is 0 Å². The molecule has 1 N–H and O–H groups in total. The van der Waals surface area contributed by atoms with Crippen molar-refractivity contribution in [1.29, 1.82) is 0 Å². The molecule has 0 bridgehead atoms. The molecule has 1 atom stereocenters. The maximum absolute atomic E-state index is 13.4. The van der Waals surface area contributed by atoms with Crippen LogP contribution in [0.2, 0.25) is 0 Å². The SMILES string of the molecule is CCS(=O)(=O)N1CC(=O)N(c2ccc(C)c(C)c2)[C@@](C)(C(=O)NCc2ccccc2)C1. The van der Waals surface area contributed by atoms with Gasteiger partial charge in [0.05, 0.1) is 12.3 Å². The van der Waals surface area contributed by atoms with Gasteiger partial charge in [-0.3, -0.25) is 14.5 Å². The number of hydrogen-bond donors (Lipinski definition) is 1. The van der Waals surface area contributed by atoms with E-state index in [1.165, 1.54) is 11.8 Å². The third-order valence-corrected chi connectivity index (χ3v) is 7.61. The number of carbonyl (C=O) groups excluding carboxylic acids is 2. The van der Waals surface area contributed by atoms with Crippen molar-refractivity contribution in [2.75, 3.05) is 23.7 Å². The number of carbonyl (C=O) groups is 2. The van der Waals surface area contributed by atoms with Gasteiger partial charge in [-0.25, -0.2) is 8.42 Å². The summed E-state index contributed by atoms with van der Waals surface area (Å²) in [5, 5.41) is 2.89. The summed E-state index contributed by atoms with van der Waals surface area (Å²) in [5.41, 5.74) is 2.16. The number of anilines is 1. The molecule has 1 saturated heterocycles. The fourth-order valence-electron chi connectivity index (χ4n) is 3.78. The van der Waals surface area contributed by atoms with Crippen molar-refractivity contribution in [2.24, 2.45) is 0 Å². The molecule has 1 fully saturated rings. The van der Waals surface area contributed by atoms with Gasteiger partial charge in [0.2, 0.25) is 21.8 Å². The first-order valence-electron chi connectivity index (χ1n) is 10.3. The Morgan fingerprint density at radius 3 is 2.39 bits per heavy atom. The van der Waals surface area contributed by atoms with E-state index in [1.807, 2.05) is 56.3 Å². The second-order valence-corrected chi connectivity index (χ2v) is 10.4. The van der Waals surface area contributed by atoms with Gasteiger partial charge in [-0.15, -0.1) is 0 Å². The van der Waals surface area contributed by atoms with Crippen molar-refractivity contribution < 1.29 is 18.0 Å². The number of rotatable bonds is 6. The van der Waals surface area contributed by atoms with Gasteiger partial charge >= 0.3 is 0 Å². The summed E-state index contributed by atoms with van der Waals surface area (Å²) in [6.07, 6.45) is 0. The molecule has 2 aromatic rings. The first kappa shape index (κ1) is 23.0. The van der Waals surface area contributed by atoms with Crippen LogP contribution in [-0.4, -0.2) is 48.9 Å². The first-order chi connectivity index (χ1) is 14.6. The van der Waals surface area contributed by atoms with E-state index in [9.17, 15) is 18.0 Å². The molecule has 1 aliphatic rings. The van der Waals surface area contributed by atoms with Gasteiger partial charge in [0.15, 0.2) is 0 Å². The van der Waals surface area contributed by atoms with Gasteiger partial charge in [-0.05, 0) is 56.5 Å². The van der Waals surface area contributed by atoms with E-state index in [-0.39, 0.29) is 25.4 Å². The van der Waals surface area contributed by atoms with Gasteiger partial charge in [-0.2, -0.15) is 4.31 Å². The summed E-state index contributed by atoms with van der Waals surface area (Å²) in [6.45, 7) is 6.95. The molecule has 0 spiro atoms. The standard InChI is InChI=1S/C23H29N3O4S/c1-5-31(29,30)25-15-21(27)26(20-12-11-17(2)18(3)13-20)23(4,16-25)22(28)24-14-19-9-7-6-8-10-19/h6-13H,5,14-16H2,1-4H3,(H,24,28)/t23-/m1/s1. The predicted molar refractivity (Wildman–Crippen MR) is 121 cm³/mol. The Bertz CT molecular complexity index is 1090. The van der Waals surface area contributed by atoms with Crippen LogP contribution in [0, 0.1) is 13.8 Å². The van der Waals surface area contributed by atoms with Gasteiger partial charge in [-0.1, -0.05) is 36.4 Å². The van der Waals surface area contributed by atoms with Crippen LogP contribution in [0.15, 0.2) is 48.5 Å². The number of hydrogen-bond acceptors (Lipinski definition) is 4. The van der Waals surface area contributed by atoms with Crippen molar-refractivity contribution in [3.8, 4) is 0 Å². The largest absolute Gasteiger partial charge is 0.350 e. The molecule has 3 rings (SSSR count). The molecule has 1 heterocycles. The lowest BCUT2D eigenvalue weighted by Crippen LogP contribution is -2.70. The number of sulfonamides is 1. The molecule has 1 aliphatic heterocycles. The highest BCUT2D eigenvalue weighted by molar-refractivity contribution is 7.89. The quantitative estimate of drug-likeness (QED) is 0.743. The van der Waals surface area contributed by atoms with Crippen LogP contribution in [-0.2, 0) is 26.2 Å². The third kappa shape index (κ3) is 4.65. The highest BCUT2D eigenvalue weighted by atomic mass is 32.2. The zero-order valence-corrected chi connectivity index (χ0v) is 19.2. The summed E-state index contributed by atoms with van der Waals surface area (Å²) in [4.78, 5) is 28.1. The third-order valence-electron chi connectivity index (χ3n) is 5.83. The van der Waals surface area contributed by atoms with Crippen LogP contribution in [0.4, 0.5) is 5.69 Å². The smallest absolute Gasteiger partial charge is 0.247 e. The maximum atomic E-state index is 13.4. The number of aryl methyl sites for hydroxylation is 2. The second kappa shape index (κ2) is 8.80. The Labute approximate surface area is 184 Å². The summed E-state index contributed by atoms with van der Waals surface area (Å²) >= 11 is 0. The minimum atomic E-state index is -3.64. The fourth-order valence-corrected chi connectivity index (χ4v) is 4.90. The van der Waals surface area contributed by atoms with Crippen LogP contribution in [0.5, 0.6) is 0 Å². The average molecular weight is 444 g/mol. The molecule has 8 heteroatoms. The Balaban J connectivity index is 1.99. The Morgan fingerprint density at radius 1 is 1.10 bits per heavy atom. The zero-order valence-electron chi connectivity index (χ0n) is 18.4. The molecule has 2 amide bonds. The monoisotopic (exact) mass is 443 g/mol. The predicted octanol–water partition coefficient (Wildman–Crippen LogP) is 2.38. The maximum Gasteiger partial charge on any atom is 0.247 e. The normalized spacial score (nSPS) is 20.0. The molecule has 2 aromatic carbocycles. The van der Waals surface area contributed by atoms with E-state index in [0.29, 0.717) is 5.69 Å². The lowest BCUT2D eigenvalue weighted by atomic mass is 9.93. The number of piperazine rings is 1. The molecule has 31 heavy (non-hydrogen) atoms. The van der Waals surface area contributed by atoms with E-state index in [1.54, 1.807) is 13.0 Å². The molecule has 7 nitrogen and oxygen atoms in total. The van der Waals surface area contributed by atoms with Crippen LogP contribution in [0.1, 0.15) is 30.5 Å². The van der Waals surface area contributed by atoms with Crippen molar-refractivity contribution >= 4 is 27.5 Å². The summed E-state index contributed by atoms with van der Waals surface area (Å²) < 4.78 is 26.2. The van der Waals surface area contributed by atoms with Crippen LogP contribution < -0.4 is 10.2 Å². The van der Waals surface area contributed by atoms with E-state index in [2.05, 4.69) is 5.32 Å². The van der Waals surface area contributed by atoms with Crippen molar-refractivity contribution in [1.82, 2.24) is 9.62 Å². The van der Waals surface area contributed by atoms with E-state index >= 15 is 0 Å². The lowest BCUT2D eigenvalue weighted by Gasteiger charge is -2.46. The zero-order chi connectivity index (χ0) is 22.8. The van der Waals surface area contributed by atoms with Gasteiger partial charge < -0.3 is 5.32 Å². The summed E-state index contributed by atoms with van der Waals surface area (Å²) in [5.74, 6) is -0.964. The van der Waals surface area contributed by atoms with Gasteiger partial charge in [0.25, 0.3) is 0 Å². The van der Waals surface area contributed by atoms with Crippen molar-refractivity contribution in [3.63, 3.8) is 0 Å². The number of amides is 2. The van der Waals surface area contributed by atoms with E-state index in [4.69, 9.17) is 0 Å². The molecule has 0 radical (unpaired) electrons. The highest BCUT2D eigenvalue weighted by Crippen LogP contribution is 2.32. The van der Waals surface area contributed by atoms with Crippen molar-refractivity contribution in [2.45, 2.75) is 39.8 Å². The topological polar surface area (TPSA) is 86.8 Å². The molecular weight excluding hydrogens is 414 g/mol. The van der Waals surface area contributed by atoms with E-state index < -0.39 is 27.4 Å². The van der Waals surface area contributed by atoms with Crippen molar-refractivity contribution in [3.05, 3.63) is 65.2 Å². The molecular formula is C23H29N3O4S. The molecule has 166 valence electrons. The Morgan fingerprint density at radius 2 is 1.77 bits per heavy atom. The van der Waals surface area contributed by atoms with E-state index in [0.717, 1.165) is 21.0 Å². The van der Waals surface area contributed by atoms with Gasteiger partial charge in [0.1, 0.15) is 5.54 Å². The Hall–Kier alpha value is -2.71. The Kier molecular flexibility index (Phi) is 6.52. The minimum absolute atomic E-state index is 0.109. The molecule has 0 unspecified atom stereocenters. The fraction of sp³-hybridized carbons (Fsp3) is 0.391. The summed E-state index contributed by atoms with van der Waals surface area (Å²) in [7, 11) is -3.64. The van der Waals surface area contributed by atoms with Gasteiger partial charge in [0, 0.05) is 18.8 Å². The minimum Gasteiger partial charge on any atom is -0.350 e. The number of benzene rings is 2. The summed E-state index contributed by atoms with van der Waals surface area (Å²) in [6, 6.07) is 15.0. The molecule has 0 aromatic heterocycles. The lowest BCUT2D eigenvalue weighted by molar-refractivity contribution is -0.133. The van der Waals surface area contributed by atoms with Crippen LogP contribution in [0.3, 0.4) is 0 Å². The molecule has 0 saturated carbocycles. The first-order valence-corrected chi connectivity index (χ1v) is 11.9. The number of nitrogens with zero attached hydrogens (tertiary/aromatic N) is 2. The average Bonchev–Trinajstić information content (AvgIpc) is 2.74. The number of nitrogens with one attached hydrogen (secondary N) is 1. The van der Waals surface area contributed by atoms with Crippen LogP contribution >= 0.6 is 0 Å². The highest BCUT2D eigenvalue weighted by Gasteiger charge is 2.50. The molecule has 0 aliphatic carbocycles. The second-order valence-electron chi connectivity index (χ2n) is 8.11.